The molecule has 0 fully saturated rings. The van der Waals surface area contributed by atoms with E-state index in [-0.39, 0.29) is 12.0 Å². The third-order valence-corrected chi connectivity index (χ3v) is 4.03. The summed E-state index contributed by atoms with van der Waals surface area (Å²) in [6.07, 6.45) is 0.956. The number of benzene rings is 1. The van der Waals surface area contributed by atoms with Crippen LogP contribution in [0.3, 0.4) is 0 Å². The highest BCUT2D eigenvalue weighted by Gasteiger charge is 2.16. The summed E-state index contributed by atoms with van der Waals surface area (Å²) in [5, 5.41) is 5.51. The van der Waals surface area contributed by atoms with E-state index < -0.39 is 0 Å². The molecule has 2 aromatic rings. The van der Waals surface area contributed by atoms with Crippen LogP contribution in [0.4, 0.5) is 5.69 Å². The summed E-state index contributed by atoms with van der Waals surface area (Å²) < 4.78 is 5.10. The van der Waals surface area contributed by atoms with Crippen molar-refractivity contribution < 1.29 is 9.53 Å². The standard InChI is InChI=1S/C16H19NO2S/c1-3-13(15-10-7-11-20-15)17-14-9-6-5-8-12(14)16(18)19-4-2/h5-11,13,17H,3-4H2,1-2H3. The Bertz CT molecular complexity index is 551. The van der Waals surface area contributed by atoms with Gasteiger partial charge in [-0.15, -0.1) is 11.3 Å². The molecule has 0 saturated carbocycles. The molecule has 0 aliphatic heterocycles. The van der Waals surface area contributed by atoms with E-state index in [1.54, 1.807) is 17.4 Å². The summed E-state index contributed by atoms with van der Waals surface area (Å²) in [6, 6.07) is 11.9. The summed E-state index contributed by atoms with van der Waals surface area (Å²) in [6.45, 7) is 4.33. The number of hydrogen-bond acceptors (Lipinski definition) is 4. The van der Waals surface area contributed by atoms with Crippen molar-refractivity contribution in [2.75, 3.05) is 11.9 Å². The summed E-state index contributed by atoms with van der Waals surface area (Å²) in [7, 11) is 0. The van der Waals surface area contributed by atoms with Crippen LogP contribution in [0.5, 0.6) is 0 Å². The van der Waals surface area contributed by atoms with Crippen LogP contribution >= 0.6 is 11.3 Å². The summed E-state index contributed by atoms with van der Waals surface area (Å²) in [5.41, 5.74) is 1.41. The second kappa shape index (κ2) is 7.10. The molecular formula is C16H19NO2S. The topological polar surface area (TPSA) is 38.3 Å². The van der Waals surface area contributed by atoms with Gasteiger partial charge in [0.2, 0.25) is 0 Å². The van der Waals surface area contributed by atoms with Crippen molar-refractivity contribution in [2.45, 2.75) is 26.3 Å². The van der Waals surface area contributed by atoms with Crippen molar-refractivity contribution in [3.8, 4) is 0 Å². The van der Waals surface area contributed by atoms with E-state index in [1.807, 2.05) is 31.2 Å². The van der Waals surface area contributed by atoms with Gasteiger partial charge in [-0.1, -0.05) is 25.1 Å². The largest absolute Gasteiger partial charge is 0.462 e. The Morgan fingerprint density at radius 1 is 1.25 bits per heavy atom. The van der Waals surface area contributed by atoms with Crippen LogP contribution in [-0.4, -0.2) is 12.6 Å². The molecule has 1 N–H and O–H groups in total. The Morgan fingerprint density at radius 3 is 2.70 bits per heavy atom. The van der Waals surface area contributed by atoms with E-state index in [2.05, 4.69) is 23.7 Å². The quantitative estimate of drug-likeness (QED) is 0.796. The highest BCUT2D eigenvalue weighted by molar-refractivity contribution is 7.10. The zero-order valence-corrected chi connectivity index (χ0v) is 12.6. The van der Waals surface area contributed by atoms with E-state index in [9.17, 15) is 4.79 Å². The molecule has 1 heterocycles. The molecule has 0 aliphatic rings. The lowest BCUT2D eigenvalue weighted by molar-refractivity contribution is 0.0527. The Hall–Kier alpha value is -1.81. The Balaban J connectivity index is 2.22. The molecule has 1 aromatic carbocycles. The number of rotatable bonds is 6. The number of carbonyl (C=O) groups excluding carboxylic acids is 1. The van der Waals surface area contributed by atoms with Gasteiger partial charge in [0, 0.05) is 10.6 Å². The number of nitrogens with one attached hydrogen (secondary N) is 1. The molecule has 1 aromatic heterocycles. The molecule has 106 valence electrons. The van der Waals surface area contributed by atoms with Gasteiger partial charge in [0.25, 0.3) is 0 Å². The molecule has 20 heavy (non-hydrogen) atoms. The fraction of sp³-hybridized carbons (Fsp3) is 0.312. The predicted octanol–water partition coefficient (Wildman–Crippen LogP) is 4.49. The molecule has 0 saturated heterocycles. The third kappa shape index (κ3) is 3.39. The molecule has 0 spiro atoms. The van der Waals surface area contributed by atoms with Crippen LogP contribution in [0.15, 0.2) is 41.8 Å². The van der Waals surface area contributed by atoms with Crippen LogP contribution < -0.4 is 5.32 Å². The van der Waals surface area contributed by atoms with E-state index in [0.717, 1.165) is 12.1 Å². The number of esters is 1. The molecule has 4 heteroatoms. The minimum Gasteiger partial charge on any atom is -0.462 e. The van der Waals surface area contributed by atoms with Crippen molar-refractivity contribution >= 4 is 23.0 Å². The number of anilines is 1. The van der Waals surface area contributed by atoms with Crippen molar-refractivity contribution in [3.63, 3.8) is 0 Å². The molecule has 0 radical (unpaired) electrons. The zero-order chi connectivity index (χ0) is 14.4. The molecular weight excluding hydrogens is 270 g/mol. The van der Waals surface area contributed by atoms with Crippen LogP contribution in [0.2, 0.25) is 0 Å². The SMILES string of the molecule is CCOC(=O)c1ccccc1NC(CC)c1cccs1. The number of para-hydroxylation sites is 1. The third-order valence-electron chi connectivity index (χ3n) is 3.05. The first-order valence-electron chi connectivity index (χ1n) is 6.82. The smallest absolute Gasteiger partial charge is 0.340 e. The Labute approximate surface area is 123 Å². The first-order chi connectivity index (χ1) is 9.76. The average molecular weight is 289 g/mol. The van der Waals surface area contributed by atoms with Gasteiger partial charge in [-0.25, -0.2) is 4.79 Å². The lowest BCUT2D eigenvalue weighted by Crippen LogP contribution is -2.13. The normalized spacial score (nSPS) is 11.9. The fourth-order valence-corrected chi connectivity index (χ4v) is 2.91. The molecule has 2 rings (SSSR count). The minimum absolute atomic E-state index is 0.213. The first-order valence-corrected chi connectivity index (χ1v) is 7.70. The van der Waals surface area contributed by atoms with Gasteiger partial charge in [-0.05, 0) is 36.9 Å². The molecule has 3 nitrogen and oxygen atoms in total. The minimum atomic E-state index is -0.281. The summed E-state index contributed by atoms with van der Waals surface area (Å²) in [5.74, 6) is -0.281. The molecule has 1 unspecified atom stereocenters. The van der Waals surface area contributed by atoms with E-state index in [4.69, 9.17) is 4.74 Å². The maximum absolute atomic E-state index is 12.0. The highest BCUT2D eigenvalue weighted by atomic mass is 32.1. The lowest BCUT2D eigenvalue weighted by Gasteiger charge is -2.19. The van der Waals surface area contributed by atoms with E-state index >= 15 is 0 Å². The monoisotopic (exact) mass is 289 g/mol. The number of ether oxygens (including phenoxy) is 1. The first kappa shape index (κ1) is 14.6. The van der Waals surface area contributed by atoms with Gasteiger partial charge in [-0.3, -0.25) is 0 Å². The van der Waals surface area contributed by atoms with E-state index in [0.29, 0.717) is 12.2 Å². The van der Waals surface area contributed by atoms with Gasteiger partial charge in [0.1, 0.15) is 0 Å². The molecule has 1 atom stereocenters. The van der Waals surface area contributed by atoms with Crippen molar-refractivity contribution in [2.24, 2.45) is 0 Å². The lowest BCUT2D eigenvalue weighted by atomic mass is 10.1. The Kier molecular flexibility index (Phi) is 5.18. The fourth-order valence-electron chi connectivity index (χ4n) is 2.05. The molecule has 0 aliphatic carbocycles. The van der Waals surface area contributed by atoms with Crippen LogP contribution in [-0.2, 0) is 4.74 Å². The second-order valence-electron chi connectivity index (χ2n) is 4.39. The van der Waals surface area contributed by atoms with Crippen LogP contribution in [0.25, 0.3) is 0 Å². The summed E-state index contributed by atoms with van der Waals surface area (Å²) in [4.78, 5) is 13.2. The van der Waals surface area contributed by atoms with Gasteiger partial charge in [-0.2, -0.15) is 0 Å². The van der Waals surface area contributed by atoms with E-state index in [1.165, 1.54) is 4.88 Å². The molecule has 0 bridgehead atoms. The maximum atomic E-state index is 12.0. The van der Waals surface area contributed by atoms with Gasteiger partial charge < -0.3 is 10.1 Å². The average Bonchev–Trinajstić information content (AvgIpc) is 2.99. The molecule has 0 amide bonds. The second-order valence-corrected chi connectivity index (χ2v) is 5.37. The Morgan fingerprint density at radius 2 is 2.05 bits per heavy atom. The van der Waals surface area contributed by atoms with Crippen LogP contribution in [0, 0.1) is 0 Å². The van der Waals surface area contributed by atoms with Gasteiger partial charge >= 0.3 is 5.97 Å². The zero-order valence-electron chi connectivity index (χ0n) is 11.8. The number of carbonyl (C=O) groups is 1. The highest BCUT2D eigenvalue weighted by Crippen LogP contribution is 2.28. The number of thiophene rings is 1. The van der Waals surface area contributed by atoms with Crippen molar-refractivity contribution in [1.82, 2.24) is 0 Å². The summed E-state index contributed by atoms with van der Waals surface area (Å²) >= 11 is 1.72. The number of hydrogen-bond donors (Lipinski definition) is 1. The van der Waals surface area contributed by atoms with Crippen molar-refractivity contribution in [3.05, 3.63) is 52.2 Å². The van der Waals surface area contributed by atoms with Gasteiger partial charge in [0.05, 0.1) is 18.2 Å². The van der Waals surface area contributed by atoms with Crippen LogP contribution in [0.1, 0.15) is 41.5 Å². The maximum Gasteiger partial charge on any atom is 0.340 e. The van der Waals surface area contributed by atoms with Crippen molar-refractivity contribution in [1.29, 1.82) is 0 Å². The van der Waals surface area contributed by atoms with Gasteiger partial charge in [0.15, 0.2) is 0 Å². The predicted molar refractivity (Wildman–Crippen MR) is 83.4 cm³/mol.